The Balaban J connectivity index is 2.55. The summed E-state index contributed by atoms with van der Waals surface area (Å²) in [6.45, 7) is 3.34. The Kier molecular flexibility index (Phi) is 3.91. The number of amides is 1. The van der Waals surface area contributed by atoms with Crippen LogP contribution in [0.3, 0.4) is 0 Å². The molecular weight excluding hydrogens is 210 g/mol. The normalized spacial score (nSPS) is 20.9. The van der Waals surface area contributed by atoms with Crippen LogP contribution < -0.4 is 5.32 Å². The monoisotopic (exact) mass is 229 g/mol. The molecular formula is C11H19NO4. The number of hydrogen-bond donors (Lipinski definition) is 2. The molecule has 0 aromatic carbocycles. The number of carboxylic acid groups (broad SMARTS) is 1. The van der Waals surface area contributed by atoms with Gasteiger partial charge in [0, 0.05) is 7.11 Å². The van der Waals surface area contributed by atoms with Gasteiger partial charge >= 0.3 is 5.97 Å². The molecule has 16 heavy (non-hydrogen) atoms. The molecule has 2 unspecified atom stereocenters. The highest BCUT2D eigenvalue weighted by atomic mass is 16.5. The Morgan fingerprint density at radius 3 is 2.50 bits per heavy atom. The molecule has 0 bridgehead atoms. The smallest absolute Gasteiger partial charge is 0.329 e. The van der Waals surface area contributed by atoms with Gasteiger partial charge in [0.2, 0.25) is 5.91 Å². The molecule has 0 aliphatic heterocycles. The quantitative estimate of drug-likeness (QED) is 0.705. The van der Waals surface area contributed by atoms with Gasteiger partial charge in [0.25, 0.3) is 0 Å². The zero-order chi connectivity index (χ0) is 12.3. The molecule has 2 N–H and O–H groups in total. The molecule has 1 amide bonds. The van der Waals surface area contributed by atoms with Crippen molar-refractivity contribution in [1.82, 2.24) is 5.32 Å². The highest BCUT2D eigenvalue weighted by Crippen LogP contribution is 2.39. The number of methoxy groups -OCH3 is 1. The molecule has 1 rings (SSSR count). The number of carbonyl (C=O) groups is 2. The Morgan fingerprint density at radius 1 is 1.56 bits per heavy atom. The first kappa shape index (κ1) is 13.0. The number of ether oxygens (including phenoxy) is 1. The van der Waals surface area contributed by atoms with Crippen molar-refractivity contribution >= 4 is 11.9 Å². The summed E-state index contributed by atoms with van der Waals surface area (Å²) in [5, 5.41) is 11.7. The molecule has 0 heterocycles. The van der Waals surface area contributed by atoms with Gasteiger partial charge in [0.05, 0.1) is 12.5 Å². The lowest BCUT2D eigenvalue weighted by atomic mass is 9.95. The first-order valence-electron chi connectivity index (χ1n) is 5.47. The Hall–Kier alpha value is -1.10. The maximum Gasteiger partial charge on any atom is 0.329 e. The fourth-order valence-corrected chi connectivity index (χ4v) is 1.68. The zero-order valence-corrected chi connectivity index (χ0v) is 9.95. The number of nitrogens with one attached hydrogen (secondary N) is 1. The maximum absolute atomic E-state index is 11.6. The second-order valence-electron chi connectivity index (χ2n) is 4.58. The van der Waals surface area contributed by atoms with E-state index in [0.29, 0.717) is 0 Å². The highest BCUT2D eigenvalue weighted by molar-refractivity contribution is 5.87. The minimum atomic E-state index is -1.12. The zero-order valence-electron chi connectivity index (χ0n) is 9.95. The van der Waals surface area contributed by atoms with Crippen LogP contribution in [-0.4, -0.2) is 35.7 Å². The second kappa shape index (κ2) is 4.82. The van der Waals surface area contributed by atoms with E-state index in [9.17, 15) is 9.59 Å². The molecule has 0 spiro atoms. The van der Waals surface area contributed by atoms with Crippen LogP contribution in [0.4, 0.5) is 0 Å². The summed E-state index contributed by atoms with van der Waals surface area (Å²) in [4.78, 5) is 22.8. The molecule has 2 atom stereocenters. The van der Waals surface area contributed by atoms with Gasteiger partial charge in [-0.1, -0.05) is 0 Å². The summed E-state index contributed by atoms with van der Waals surface area (Å²) in [7, 11) is 1.52. The van der Waals surface area contributed by atoms with Gasteiger partial charge < -0.3 is 15.2 Å². The third-order valence-corrected chi connectivity index (χ3v) is 3.11. The molecule has 0 aromatic heterocycles. The van der Waals surface area contributed by atoms with Crippen LogP contribution in [-0.2, 0) is 14.3 Å². The van der Waals surface area contributed by atoms with E-state index >= 15 is 0 Å². The van der Waals surface area contributed by atoms with Crippen LogP contribution in [0, 0.1) is 5.92 Å². The van der Waals surface area contributed by atoms with E-state index in [1.54, 1.807) is 13.8 Å². The third kappa shape index (κ3) is 2.95. The largest absolute Gasteiger partial charge is 0.480 e. The predicted octanol–water partition coefficient (Wildman–Crippen LogP) is 0.781. The number of carboxylic acids is 1. The molecule has 92 valence electrons. The average molecular weight is 229 g/mol. The lowest BCUT2D eigenvalue weighted by Gasteiger charge is -2.26. The van der Waals surface area contributed by atoms with E-state index in [2.05, 4.69) is 5.32 Å². The lowest BCUT2D eigenvalue weighted by Crippen LogP contribution is -2.54. The number of carbonyl (C=O) groups excluding carboxylic acids is 1. The van der Waals surface area contributed by atoms with Crippen molar-refractivity contribution in [1.29, 1.82) is 0 Å². The first-order chi connectivity index (χ1) is 7.40. The summed E-state index contributed by atoms with van der Waals surface area (Å²) >= 11 is 0. The number of hydrogen-bond acceptors (Lipinski definition) is 3. The Bertz CT molecular complexity index is 288. The standard InChI is InChI=1S/C11H19NO4/c1-7(16-3)6-9(13)12-11(2,10(14)15)8-4-5-8/h7-8H,4-6H2,1-3H3,(H,12,13)(H,14,15). The molecule has 1 saturated carbocycles. The highest BCUT2D eigenvalue weighted by Gasteiger charge is 2.48. The number of rotatable bonds is 6. The van der Waals surface area contributed by atoms with E-state index in [1.165, 1.54) is 7.11 Å². The van der Waals surface area contributed by atoms with Crippen molar-refractivity contribution in [3.05, 3.63) is 0 Å². The van der Waals surface area contributed by atoms with Crippen LogP contribution in [0.1, 0.15) is 33.1 Å². The molecule has 1 aliphatic rings. The van der Waals surface area contributed by atoms with Crippen LogP contribution in [0.2, 0.25) is 0 Å². The van der Waals surface area contributed by atoms with Crippen molar-refractivity contribution in [2.75, 3.05) is 7.11 Å². The molecule has 0 aromatic rings. The summed E-state index contributed by atoms with van der Waals surface area (Å²) in [5.41, 5.74) is -1.12. The van der Waals surface area contributed by atoms with Gasteiger partial charge in [-0.15, -0.1) is 0 Å². The summed E-state index contributed by atoms with van der Waals surface area (Å²) in [5.74, 6) is -1.17. The van der Waals surface area contributed by atoms with Gasteiger partial charge in [-0.05, 0) is 32.6 Å². The molecule has 0 saturated heterocycles. The van der Waals surface area contributed by atoms with Crippen molar-refractivity contribution in [3.63, 3.8) is 0 Å². The van der Waals surface area contributed by atoms with Gasteiger partial charge in [-0.25, -0.2) is 4.79 Å². The minimum absolute atomic E-state index is 0.0619. The van der Waals surface area contributed by atoms with E-state index < -0.39 is 11.5 Å². The fourth-order valence-electron chi connectivity index (χ4n) is 1.68. The van der Waals surface area contributed by atoms with Crippen molar-refractivity contribution in [2.24, 2.45) is 5.92 Å². The third-order valence-electron chi connectivity index (χ3n) is 3.11. The predicted molar refractivity (Wildman–Crippen MR) is 58.0 cm³/mol. The Labute approximate surface area is 95.2 Å². The van der Waals surface area contributed by atoms with Gasteiger partial charge in [0.1, 0.15) is 5.54 Å². The molecule has 1 fully saturated rings. The van der Waals surface area contributed by atoms with Gasteiger partial charge in [-0.3, -0.25) is 4.79 Å². The molecule has 5 nitrogen and oxygen atoms in total. The van der Waals surface area contributed by atoms with E-state index in [4.69, 9.17) is 9.84 Å². The van der Waals surface area contributed by atoms with E-state index in [0.717, 1.165) is 12.8 Å². The van der Waals surface area contributed by atoms with E-state index in [1.807, 2.05) is 0 Å². The number of aliphatic carboxylic acids is 1. The average Bonchev–Trinajstić information content (AvgIpc) is 2.99. The molecule has 0 radical (unpaired) electrons. The summed E-state index contributed by atoms with van der Waals surface area (Å²) in [6.07, 6.45) is 1.72. The second-order valence-corrected chi connectivity index (χ2v) is 4.58. The fraction of sp³-hybridized carbons (Fsp3) is 0.818. The summed E-state index contributed by atoms with van der Waals surface area (Å²) in [6, 6.07) is 0. The van der Waals surface area contributed by atoms with E-state index in [-0.39, 0.29) is 24.3 Å². The van der Waals surface area contributed by atoms with Gasteiger partial charge in [-0.2, -0.15) is 0 Å². The Morgan fingerprint density at radius 2 is 2.12 bits per heavy atom. The minimum Gasteiger partial charge on any atom is -0.480 e. The van der Waals surface area contributed by atoms with Crippen LogP contribution in [0.25, 0.3) is 0 Å². The van der Waals surface area contributed by atoms with Gasteiger partial charge in [0.15, 0.2) is 0 Å². The van der Waals surface area contributed by atoms with Crippen molar-refractivity contribution in [2.45, 2.75) is 44.8 Å². The molecule has 1 aliphatic carbocycles. The summed E-state index contributed by atoms with van der Waals surface area (Å²) < 4.78 is 4.96. The topological polar surface area (TPSA) is 75.6 Å². The van der Waals surface area contributed by atoms with Crippen LogP contribution in [0.5, 0.6) is 0 Å². The molecule has 5 heteroatoms. The first-order valence-corrected chi connectivity index (χ1v) is 5.47. The maximum atomic E-state index is 11.6. The lowest BCUT2D eigenvalue weighted by molar-refractivity contribution is -0.148. The SMILES string of the molecule is COC(C)CC(=O)NC(C)(C(=O)O)C1CC1. The van der Waals surface area contributed by atoms with Crippen molar-refractivity contribution < 1.29 is 19.4 Å². The van der Waals surface area contributed by atoms with Crippen molar-refractivity contribution in [3.8, 4) is 0 Å². The van der Waals surface area contributed by atoms with Crippen LogP contribution >= 0.6 is 0 Å². The van der Waals surface area contributed by atoms with Crippen LogP contribution in [0.15, 0.2) is 0 Å².